The first-order valence-corrected chi connectivity index (χ1v) is 7.69. The number of hydrogen-bond donors (Lipinski definition) is 2. The van der Waals surface area contributed by atoms with Gasteiger partial charge in [-0.05, 0) is 38.1 Å². The zero-order valence-corrected chi connectivity index (χ0v) is 15.4. The van der Waals surface area contributed by atoms with E-state index in [1.165, 1.54) is 0 Å². The van der Waals surface area contributed by atoms with Gasteiger partial charge in [-0.25, -0.2) is 0 Å². The number of amides is 1. The van der Waals surface area contributed by atoms with E-state index in [1.54, 1.807) is 6.33 Å². The van der Waals surface area contributed by atoms with E-state index in [1.807, 2.05) is 42.7 Å². The average Bonchev–Trinajstić information content (AvgIpc) is 2.94. The van der Waals surface area contributed by atoms with Crippen molar-refractivity contribution in [2.75, 3.05) is 18.4 Å². The number of nitrogens with zero attached hydrogens (tertiary/aromatic N) is 3. The minimum atomic E-state index is 0. The zero-order chi connectivity index (χ0) is 15.5. The fraction of sp³-hybridized carbons (Fsp3) is 0.438. The molecule has 2 aromatic rings. The largest absolute Gasteiger partial charge is 0.326 e. The highest BCUT2D eigenvalue weighted by Crippen LogP contribution is 2.22. The van der Waals surface area contributed by atoms with Crippen molar-refractivity contribution in [2.24, 2.45) is 11.8 Å². The van der Waals surface area contributed by atoms with Crippen molar-refractivity contribution in [1.82, 2.24) is 20.1 Å². The number of anilines is 1. The minimum Gasteiger partial charge on any atom is -0.326 e. The normalized spacial score (nSPS) is 14.8. The molecule has 6 nitrogen and oxygen atoms in total. The lowest BCUT2D eigenvalue weighted by Crippen LogP contribution is -2.48. The summed E-state index contributed by atoms with van der Waals surface area (Å²) >= 11 is 0. The standard InChI is InChI=1S/C16H21N5O.2ClH/c1-3-21-10-18-20-15(21)12-5-4-6-14(7-12)19-16(22)11(2)13-8-17-9-13;;/h4-7,10-11,13,17H,3,8-9H2,1-2H3,(H,19,22);2*1H. The van der Waals surface area contributed by atoms with Crippen LogP contribution < -0.4 is 10.6 Å². The Labute approximate surface area is 154 Å². The van der Waals surface area contributed by atoms with Gasteiger partial charge < -0.3 is 15.2 Å². The fourth-order valence-electron chi connectivity index (χ4n) is 2.58. The molecular weight excluding hydrogens is 349 g/mol. The maximum Gasteiger partial charge on any atom is 0.227 e. The van der Waals surface area contributed by atoms with Crippen LogP contribution in [0.5, 0.6) is 0 Å². The average molecular weight is 372 g/mol. The van der Waals surface area contributed by atoms with Crippen molar-refractivity contribution >= 4 is 36.4 Å². The Kier molecular flexibility index (Phi) is 7.66. The first-order chi connectivity index (χ1) is 10.7. The maximum absolute atomic E-state index is 12.3. The van der Waals surface area contributed by atoms with Crippen LogP contribution in [0.3, 0.4) is 0 Å². The maximum atomic E-state index is 12.3. The van der Waals surface area contributed by atoms with Crippen molar-refractivity contribution < 1.29 is 4.79 Å². The third-order valence-electron chi connectivity index (χ3n) is 4.28. The molecule has 0 saturated carbocycles. The van der Waals surface area contributed by atoms with Crippen LogP contribution in [0.4, 0.5) is 5.69 Å². The summed E-state index contributed by atoms with van der Waals surface area (Å²) in [6.45, 7) is 6.69. The summed E-state index contributed by atoms with van der Waals surface area (Å²) in [5.41, 5.74) is 1.75. The lowest BCUT2D eigenvalue weighted by Gasteiger charge is -2.31. The van der Waals surface area contributed by atoms with Crippen molar-refractivity contribution in [3.05, 3.63) is 30.6 Å². The number of hydrogen-bond acceptors (Lipinski definition) is 4. The fourth-order valence-corrected chi connectivity index (χ4v) is 2.58. The number of benzene rings is 1. The van der Waals surface area contributed by atoms with E-state index in [0.29, 0.717) is 5.92 Å². The predicted molar refractivity (Wildman–Crippen MR) is 99.8 cm³/mol. The molecule has 1 atom stereocenters. The zero-order valence-electron chi connectivity index (χ0n) is 13.7. The van der Waals surface area contributed by atoms with Gasteiger partial charge in [0.05, 0.1) is 0 Å². The number of aromatic nitrogens is 3. The third kappa shape index (κ3) is 4.26. The van der Waals surface area contributed by atoms with Gasteiger partial charge in [-0.3, -0.25) is 4.79 Å². The molecule has 2 heterocycles. The van der Waals surface area contributed by atoms with Crippen LogP contribution in [0, 0.1) is 11.8 Å². The number of aryl methyl sites for hydroxylation is 1. The van der Waals surface area contributed by atoms with Gasteiger partial charge in [-0.15, -0.1) is 35.0 Å². The van der Waals surface area contributed by atoms with Crippen LogP contribution in [0.15, 0.2) is 30.6 Å². The summed E-state index contributed by atoms with van der Waals surface area (Å²) in [5, 5.41) is 14.3. The molecule has 1 aliphatic rings. The molecule has 0 radical (unpaired) electrons. The lowest BCUT2D eigenvalue weighted by atomic mass is 9.88. The van der Waals surface area contributed by atoms with Crippen molar-refractivity contribution in [2.45, 2.75) is 20.4 Å². The highest BCUT2D eigenvalue weighted by atomic mass is 35.5. The summed E-state index contributed by atoms with van der Waals surface area (Å²) < 4.78 is 1.98. The number of carbonyl (C=O) groups is 1. The highest BCUT2D eigenvalue weighted by molar-refractivity contribution is 5.93. The minimum absolute atomic E-state index is 0. The van der Waals surface area contributed by atoms with Gasteiger partial charge in [0.15, 0.2) is 5.82 Å². The Hall–Kier alpha value is -1.63. The van der Waals surface area contributed by atoms with Gasteiger partial charge in [-0.1, -0.05) is 19.1 Å². The molecule has 8 heteroatoms. The first-order valence-electron chi connectivity index (χ1n) is 7.69. The van der Waals surface area contributed by atoms with E-state index in [9.17, 15) is 4.79 Å². The summed E-state index contributed by atoms with van der Waals surface area (Å²) in [5.74, 6) is 1.34. The van der Waals surface area contributed by atoms with Crippen LogP contribution in [0.25, 0.3) is 11.4 Å². The molecule has 1 saturated heterocycles. The monoisotopic (exact) mass is 371 g/mol. The Morgan fingerprint density at radius 1 is 1.42 bits per heavy atom. The molecule has 1 unspecified atom stereocenters. The van der Waals surface area contributed by atoms with Crippen LogP contribution in [0.1, 0.15) is 13.8 Å². The molecule has 1 aliphatic heterocycles. The van der Waals surface area contributed by atoms with Crippen molar-refractivity contribution in [3.8, 4) is 11.4 Å². The number of rotatable bonds is 5. The van der Waals surface area contributed by atoms with Gasteiger partial charge in [0.2, 0.25) is 5.91 Å². The quantitative estimate of drug-likeness (QED) is 0.847. The molecule has 0 bridgehead atoms. The SMILES string of the molecule is CCn1cnnc1-c1cccc(NC(=O)C(C)C2CNC2)c1.Cl.Cl. The second kappa shape index (κ2) is 9.01. The molecule has 2 N–H and O–H groups in total. The summed E-state index contributed by atoms with van der Waals surface area (Å²) in [6, 6.07) is 7.75. The Morgan fingerprint density at radius 2 is 2.17 bits per heavy atom. The lowest BCUT2D eigenvalue weighted by molar-refractivity contribution is -0.121. The number of carbonyl (C=O) groups excluding carboxylic acids is 1. The van der Waals surface area contributed by atoms with Gasteiger partial charge in [-0.2, -0.15) is 0 Å². The first kappa shape index (κ1) is 20.4. The molecule has 0 aliphatic carbocycles. The molecule has 1 amide bonds. The van der Waals surface area contributed by atoms with E-state index in [0.717, 1.165) is 36.7 Å². The van der Waals surface area contributed by atoms with E-state index >= 15 is 0 Å². The molecule has 1 aromatic heterocycles. The van der Waals surface area contributed by atoms with E-state index in [4.69, 9.17) is 0 Å². The second-order valence-corrected chi connectivity index (χ2v) is 5.72. The summed E-state index contributed by atoms with van der Waals surface area (Å²) in [7, 11) is 0. The molecule has 1 aromatic carbocycles. The topological polar surface area (TPSA) is 71.8 Å². The Bertz CT molecular complexity index is 672. The van der Waals surface area contributed by atoms with Crippen molar-refractivity contribution in [3.63, 3.8) is 0 Å². The van der Waals surface area contributed by atoms with E-state index in [-0.39, 0.29) is 36.6 Å². The smallest absolute Gasteiger partial charge is 0.227 e. The molecular formula is C16H23Cl2N5O. The van der Waals surface area contributed by atoms with Gasteiger partial charge in [0, 0.05) is 23.7 Å². The Balaban J connectivity index is 0.00000144. The number of nitrogens with one attached hydrogen (secondary N) is 2. The van der Waals surface area contributed by atoms with E-state index in [2.05, 4.69) is 20.8 Å². The molecule has 132 valence electrons. The van der Waals surface area contributed by atoms with Crippen LogP contribution >= 0.6 is 24.8 Å². The molecule has 0 spiro atoms. The predicted octanol–water partition coefficient (Wildman–Crippen LogP) is 2.60. The third-order valence-corrected chi connectivity index (χ3v) is 4.28. The number of halogens is 2. The summed E-state index contributed by atoms with van der Waals surface area (Å²) in [6.07, 6.45) is 1.71. The highest BCUT2D eigenvalue weighted by Gasteiger charge is 2.28. The molecule has 1 fully saturated rings. The van der Waals surface area contributed by atoms with E-state index < -0.39 is 0 Å². The van der Waals surface area contributed by atoms with Crippen molar-refractivity contribution in [1.29, 1.82) is 0 Å². The van der Waals surface area contributed by atoms with Crippen LogP contribution in [-0.4, -0.2) is 33.8 Å². The van der Waals surface area contributed by atoms with Gasteiger partial charge >= 0.3 is 0 Å². The van der Waals surface area contributed by atoms with Gasteiger partial charge in [0.1, 0.15) is 6.33 Å². The molecule has 24 heavy (non-hydrogen) atoms. The second-order valence-electron chi connectivity index (χ2n) is 5.72. The van der Waals surface area contributed by atoms with Crippen LogP contribution in [-0.2, 0) is 11.3 Å². The summed E-state index contributed by atoms with van der Waals surface area (Å²) in [4.78, 5) is 12.3. The van der Waals surface area contributed by atoms with Crippen LogP contribution in [0.2, 0.25) is 0 Å². The Morgan fingerprint density at radius 3 is 2.79 bits per heavy atom. The molecule has 3 rings (SSSR count). The van der Waals surface area contributed by atoms with Gasteiger partial charge in [0.25, 0.3) is 0 Å².